The summed E-state index contributed by atoms with van der Waals surface area (Å²) in [6, 6.07) is 12.9. The Morgan fingerprint density at radius 1 is 1.00 bits per heavy atom. The Morgan fingerprint density at radius 3 is 2.58 bits per heavy atom. The molecule has 2 aromatic heterocycles. The zero-order chi connectivity index (χ0) is 22.5. The van der Waals surface area contributed by atoms with Gasteiger partial charge in [-0.2, -0.15) is 5.10 Å². The predicted molar refractivity (Wildman–Crippen MR) is 133 cm³/mol. The normalized spacial score (nSPS) is 23.1. The van der Waals surface area contributed by atoms with Crippen molar-refractivity contribution in [2.24, 2.45) is 0 Å². The molecule has 2 atom stereocenters. The zero-order valence-electron chi connectivity index (χ0n) is 19.0. The van der Waals surface area contributed by atoms with Gasteiger partial charge >= 0.3 is 0 Å². The molecule has 8 heteroatoms. The monoisotopic (exact) mass is 464 g/mol. The molecule has 4 heterocycles. The first-order valence-corrected chi connectivity index (χ1v) is 12.2. The van der Waals surface area contributed by atoms with Crippen LogP contribution in [0, 0.1) is 0 Å². The fraction of sp³-hybridized carbons (Fsp3) is 0.440. The number of piperidine rings is 1. The lowest BCUT2D eigenvalue weighted by molar-refractivity contribution is -0.0826. The van der Waals surface area contributed by atoms with Crippen LogP contribution < -0.4 is 4.90 Å². The zero-order valence-corrected chi connectivity index (χ0v) is 19.8. The summed E-state index contributed by atoms with van der Waals surface area (Å²) in [6.45, 7) is 8.61. The van der Waals surface area contributed by atoms with Gasteiger partial charge in [-0.3, -0.25) is 10.00 Å². The van der Waals surface area contributed by atoms with Crippen molar-refractivity contribution in [2.75, 3.05) is 31.1 Å². The van der Waals surface area contributed by atoms with Gasteiger partial charge in [0.05, 0.1) is 28.8 Å². The van der Waals surface area contributed by atoms with Gasteiger partial charge in [0.15, 0.2) is 5.82 Å². The van der Waals surface area contributed by atoms with Crippen molar-refractivity contribution in [3.63, 3.8) is 0 Å². The number of fused-ring (bicyclic) bond motifs is 2. The van der Waals surface area contributed by atoms with Crippen molar-refractivity contribution in [3.05, 3.63) is 41.4 Å². The summed E-state index contributed by atoms with van der Waals surface area (Å²) >= 11 is 6.11. The number of hydrogen-bond acceptors (Lipinski definition) is 5. The molecule has 0 saturated carbocycles. The fourth-order valence-corrected chi connectivity index (χ4v) is 5.66. The third-order valence-corrected chi connectivity index (χ3v) is 7.24. The molecule has 2 aliphatic heterocycles. The van der Waals surface area contributed by atoms with E-state index in [9.17, 15) is 0 Å². The molecular weight excluding hydrogens is 436 g/mol. The summed E-state index contributed by atoms with van der Waals surface area (Å²) in [5, 5.41) is 9.23. The predicted octanol–water partition coefficient (Wildman–Crippen LogP) is 4.84. The average Bonchev–Trinajstić information content (AvgIpc) is 3.41. The molecule has 2 aliphatic rings. The van der Waals surface area contributed by atoms with Crippen LogP contribution in [0.25, 0.3) is 33.5 Å². The van der Waals surface area contributed by atoms with Crippen LogP contribution in [0.15, 0.2) is 36.4 Å². The Hall–Kier alpha value is -2.61. The van der Waals surface area contributed by atoms with Gasteiger partial charge in [0.25, 0.3) is 0 Å². The van der Waals surface area contributed by atoms with Crippen LogP contribution in [-0.4, -0.2) is 69.5 Å². The Bertz CT molecular complexity index is 1280. The maximum atomic E-state index is 6.11. The Labute approximate surface area is 198 Å². The molecule has 33 heavy (non-hydrogen) atoms. The maximum Gasteiger partial charge on any atom is 0.159 e. The number of benzene rings is 2. The number of H-pyrrole nitrogens is 2. The van der Waals surface area contributed by atoms with Gasteiger partial charge in [-0.05, 0) is 63.1 Å². The van der Waals surface area contributed by atoms with E-state index in [1.165, 1.54) is 18.5 Å². The van der Waals surface area contributed by atoms with Gasteiger partial charge in [0.2, 0.25) is 0 Å². The number of nitrogens with one attached hydrogen (secondary N) is 2. The minimum absolute atomic E-state index is 0.326. The summed E-state index contributed by atoms with van der Waals surface area (Å²) in [5.41, 5.74) is 4.95. The second kappa shape index (κ2) is 8.31. The van der Waals surface area contributed by atoms with Crippen molar-refractivity contribution in [2.45, 2.75) is 44.9 Å². The number of aromatic amines is 2. The molecule has 0 spiro atoms. The lowest BCUT2D eigenvalue weighted by Gasteiger charge is -2.44. The van der Waals surface area contributed by atoms with Crippen LogP contribution in [0.3, 0.4) is 0 Å². The molecule has 2 saturated heterocycles. The number of rotatable bonds is 3. The molecule has 0 bridgehead atoms. The Balaban J connectivity index is 1.20. The van der Waals surface area contributed by atoms with Crippen molar-refractivity contribution in [1.82, 2.24) is 25.1 Å². The first-order valence-electron chi connectivity index (χ1n) is 11.8. The molecule has 0 aliphatic carbocycles. The van der Waals surface area contributed by atoms with Crippen LogP contribution in [0.2, 0.25) is 5.02 Å². The van der Waals surface area contributed by atoms with Crippen LogP contribution in [0.1, 0.15) is 26.7 Å². The largest absolute Gasteiger partial charge is 0.373 e. The lowest BCUT2D eigenvalue weighted by atomic mass is 10.0. The van der Waals surface area contributed by atoms with Crippen molar-refractivity contribution >= 4 is 39.2 Å². The van der Waals surface area contributed by atoms with E-state index in [1.54, 1.807) is 0 Å². The highest BCUT2D eigenvalue weighted by atomic mass is 35.5. The van der Waals surface area contributed by atoms with Gasteiger partial charge in [0, 0.05) is 48.3 Å². The third kappa shape index (κ3) is 3.98. The second-order valence-corrected chi connectivity index (χ2v) is 9.91. The number of morpholine rings is 1. The molecule has 0 radical (unpaired) electrons. The van der Waals surface area contributed by atoms with E-state index < -0.39 is 0 Å². The summed E-state index contributed by atoms with van der Waals surface area (Å²) in [7, 11) is 0. The first kappa shape index (κ1) is 21.0. The SMILES string of the molecule is C[C@@H]1CN(C2CCN(c3ccc4nc(-c5n[nH]c6cc(Cl)ccc56)[nH]c4c3)CC2)C[C@H](C)O1. The van der Waals surface area contributed by atoms with E-state index in [0.29, 0.717) is 23.3 Å². The number of ether oxygens (including phenoxy) is 1. The highest BCUT2D eigenvalue weighted by molar-refractivity contribution is 6.31. The molecule has 2 N–H and O–H groups in total. The minimum atomic E-state index is 0.326. The topological polar surface area (TPSA) is 73.1 Å². The number of imidazole rings is 1. The lowest BCUT2D eigenvalue weighted by Crippen LogP contribution is -2.53. The van der Waals surface area contributed by atoms with E-state index in [-0.39, 0.29) is 0 Å². The molecule has 2 aromatic carbocycles. The van der Waals surface area contributed by atoms with Gasteiger partial charge < -0.3 is 14.6 Å². The maximum absolute atomic E-state index is 6.11. The van der Waals surface area contributed by atoms with Gasteiger partial charge in [-0.15, -0.1) is 0 Å². The highest BCUT2D eigenvalue weighted by Gasteiger charge is 2.30. The van der Waals surface area contributed by atoms with Crippen LogP contribution >= 0.6 is 11.6 Å². The van der Waals surface area contributed by atoms with E-state index in [4.69, 9.17) is 21.3 Å². The van der Waals surface area contributed by atoms with E-state index in [2.05, 4.69) is 57.0 Å². The van der Waals surface area contributed by atoms with E-state index in [1.807, 2.05) is 18.2 Å². The molecule has 172 valence electrons. The smallest absolute Gasteiger partial charge is 0.159 e. The number of anilines is 1. The molecular formula is C25H29ClN6O. The first-order chi connectivity index (χ1) is 16.0. The Kier molecular flexibility index (Phi) is 5.28. The Morgan fingerprint density at radius 2 is 1.79 bits per heavy atom. The van der Waals surface area contributed by atoms with Crippen LogP contribution in [0.5, 0.6) is 0 Å². The molecule has 4 aromatic rings. The van der Waals surface area contributed by atoms with Gasteiger partial charge in [-0.25, -0.2) is 4.98 Å². The molecule has 0 unspecified atom stereocenters. The molecule has 2 fully saturated rings. The van der Waals surface area contributed by atoms with Crippen molar-refractivity contribution in [1.29, 1.82) is 0 Å². The summed E-state index contributed by atoms with van der Waals surface area (Å²) in [6.07, 6.45) is 3.03. The standard InChI is InChI=1S/C25H29ClN6O/c1-15-13-32(14-16(2)33-15)18-7-9-31(10-8-18)19-4-6-21-23(12-19)28-25(27-21)24-20-5-3-17(26)11-22(20)29-30-24/h3-6,11-12,15-16,18H,7-10,13-14H2,1-2H3,(H,27,28)(H,29,30)/t15-,16+. The van der Waals surface area contributed by atoms with Gasteiger partial charge in [0.1, 0.15) is 5.69 Å². The summed E-state index contributed by atoms with van der Waals surface area (Å²) in [5.74, 6) is 0.769. The molecule has 0 amide bonds. The molecule has 7 nitrogen and oxygen atoms in total. The van der Waals surface area contributed by atoms with Crippen molar-refractivity contribution in [3.8, 4) is 11.5 Å². The number of halogens is 1. The third-order valence-electron chi connectivity index (χ3n) is 7.01. The van der Waals surface area contributed by atoms with Crippen LogP contribution in [0.4, 0.5) is 5.69 Å². The van der Waals surface area contributed by atoms with E-state index in [0.717, 1.165) is 59.6 Å². The average molecular weight is 465 g/mol. The van der Waals surface area contributed by atoms with Crippen molar-refractivity contribution < 1.29 is 4.74 Å². The van der Waals surface area contributed by atoms with Gasteiger partial charge in [-0.1, -0.05) is 11.6 Å². The fourth-order valence-electron chi connectivity index (χ4n) is 5.48. The van der Waals surface area contributed by atoms with Crippen LogP contribution in [-0.2, 0) is 4.74 Å². The number of nitrogens with zero attached hydrogens (tertiary/aromatic N) is 4. The number of hydrogen-bond donors (Lipinski definition) is 2. The second-order valence-electron chi connectivity index (χ2n) is 9.48. The summed E-state index contributed by atoms with van der Waals surface area (Å²) in [4.78, 5) is 13.4. The summed E-state index contributed by atoms with van der Waals surface area (Å²) < 4.78 is 5.92. The quantitative estimate of drug-likeness (QED) is 0.454. The number of aromatic nitrogens is 4. The molecule has 6 rings (SSSR count). The minimum Gasteiger partial charge on any atom is -0.373 e. The van der Waals surface area contributed by atoms with E-state index >= 15 is 0 Å². The highest BCUT2D eigenvalue weighted by Crippen LogP contribution is 2.30.